The van der Waals surface area contributed by atoms with Gasteiger partial charge in [-0.25, -0.2) is 4.98 Å². The van der Waals surface area contributed by atoms with Crippen molar-refractivity contribution in [3.8, 4) is 0 Å². The predicted octanol–water partition coefficient (Wildman–Crippen LogP) is 2.40. The van der Waals surface area contributed by atoms with E-state index in [1.54, 1.807) is 12.3 Å². The molecule has 1 atom stereocenters. The molecule has 3 rings (SSSR count). The number of pyridine rings is 1. The van der Waals surface area contributed by atoms with Crippen molar-refractivity contribution >= 4 is 11.6 Å². The molecule has 2 aromatic heterocycles. The molecule has 1 saturated heterocycles. The summed E-state index contributed by atoms with van der Waals surface area (Å²) in [6.07, 6.45) is -0.185. The van der Waals surface area contributed by atoms with Gasteiger partial charge in [-0.1, -0.05) is 6.07 Å². The van der Waals surface area contributed by atoms with Crippen LogP contribution in [0.2, 0.25) is 0 Å². The quantitative estimate of drug-likeness (QED) is 0.862. The Labute approximate surface area is 160 Å². The highest BCUT2D eigenvalue weighted by Crippen LogP contribution is 2.24. The molecule has 0 unspecified atom stereocenters. The summed E-state index contributed by atoms with van der Waals surface area (Å²) in [5.41, 5.74) is 0.827. The lowest BCUT2D eigenvalue weighted by Crippen LogP contribution is -2.46. The summed E-state index contributed by atoms with van der Waals surface area (Å²) in [6, 6.07) is 3.28. The number of rotatable bonds is 4. The Balaban J connectivity index is 1.64. The van der Waals surface area contributed by atoms with Gasteiger partial charge < -0.3 is 5.32 Å². The van der Waals surface area contributed by atoms with Crippen LogP contribution in [0.3, 0.4) is 0 Å². The SMILES string of the molecule is Cc1ccc2ncc(C(=O)N[C@@H](C)C3CCN(CC(F)(F)F)CC3)c(=O)n2c1. The zero-order valence-electron chi connectivity index (χ0n) is 15.8. The minimum Gasteiger partial charge on any atom is -0.349 e. The molecule has 6 nitrogen and oxygen atoms in total. The van der Waals surface area contributed by atoms with E-state index >= 15 is 0 Å². The number of fused-ring (bicyclic) bond motifs is 1. The Morgan fingerprint density at radius 1 is 1.32 bits per heavy atom. The summed E-state index contributed by atoms with van der Waals surface area (Å²) >= 11 is 0. The number of alkyl halides is 3. The van der Waals surface area contributed by atoms with Gasteiger partial charge in [0.05, 0.1) is 6.54 Å². The number of nitrogens with zero attached hydrogens (tertiary/aromatic N) is 3. The number of aryl methyl sites for hydroxylation is 1. The number of piperidine rings is 1. The normalized spacial score (nSPS) is 17.6. The summed E-state index contributed by atoms with van der Waals surface area (Å²) in [6.45, 7) is 3.43. The summed E-state index contributed by atoms with van der Waals surface area (Å²) in [4.78, 5) is 30.7. The lowest BCUT2D eigenvalue weighted by atomic mass is 9.90. The second-order valence-corrected chi connectivity index (χ2v) is 7.40. The van der Waals surface area contributed by atoms with Crippen molar-refractivity contribution in [2.75, 3.05) is 19.6 Å². The van der Waals surface area contributed by atoms with E-state index in [4.69, 9.17) is 0 Å². The van der Waals surface area contributed by atoms with E-state index in [-0.39, 0.29) is 17.5 Å². The van der Waals surface area contributed by atoms with Gasteiger partial charge in [-0.3, -0.25) is 18.9 Å². The number of likely N-dealkylation sites (tertiary alicyclic amines) is 1. The van der Waals surface area contributed by atoms with Crippen molar-refractivity contribution in [3.05, 3.63) is 46.0 Å². The first-order valence-electron chi connectivity index (χ1n) is 9.22. The molecule has 0 aliphatic carbocycles. The van der Waals surface area contributed by atoms with Crippen LogP contribution < -0.4 is 10.9 Å². The van der Waals surface area contributed by atoms with Crippen LogP contribution in [-0.2, 0) is 0 Å². The van der Waals surface area contributed by atoms with Gasteiger partial charge in [0, 0.05) is 18.4 Å². The van der Waals surface area contributed by atoms with Crippen LogP contribution in [0.15, 0.2) is 29.3 Å². The van der Waals surface area contributed by atoms with Crippen molar-refractivity contribution in [1.82, 2.24) is 19.6 Å². The van der Waals surface area contributed by atoms with Crippen LogP contribution in [0.4, 0.5) is 13.2 Å². The van der Waals surface area contributed by atoms with Gasteiger partial charge in [-0.2, -0.15) is 13.2 Å². The van der Waals surface area contributed by atoms with E-state index in [9.17, 15) is 22.8 Å². The lowest BCUT2D eigenvalue weighted by molar-refractivity contribution is -0.148. The fourth-order valence-electron chi connectivity index (χ4n) is 3.61. The Morgan fingerprint density at radius 2 is 2.00 bits per heavy atom. The molecule has 0 saturated carbocycles. The topological polar surface area (TPSA) is 66.7 Å². The zero-order valence-corrected chi connectivity index (χ0v) is 15.8. The van der Waals surface area contributed by atoms with Crippen LogP contribution in [0.25, 0.3) is 5.65 Å². The van der Waals surface area contributed by atoms with Crippen LogP contribution in [0, 0.1) is 12.8 Å². The lowest BCUT2D eigenvalue weighted by Gasteiger charge is -2.35. The van der Waals surface area contributed by atoms with E-state index in [0.717, 1.165) is 5.56 Å². The third-order valence-corrected chi connectivity index (χ3v) is 5.20. The molecule has 0 aromatic carbocycles. The predicted molar refractivity (Wildman–Crippen MR) is 98.3 cm³/mol. The molecule has 1 aliphatic rings. The number of hydrogen-bond donors (Lipinski definition) is 1. The summed E-state index contributed by atoms with van der Waals surface area (Å²) < 4.78 is 38.8. The average molecular weight is 396 g/mol. The smallest absolute Gasteiger partial charge is 0.349 e. The molecule has 0 radical (unpaired) electrons. The number of hydrogen-bond acceptors (Lipinski definition) is 4. The molecule has 28 heavy (non-hydrogen) atoms. The number of aromatic nitrogens is 2. The van der Waals surface area contributed by atoms with Gasteiger partial charge in [0.15, 0.2) is 0 Å². The zero-order chi connectivity index (χ0) is 20.5. The molecular formula is C19H23F3N4O2. The van der Waals surface area contributed by atoms with Crippen LogP contribution in [-0.4, -0.2) is 52.0 Å². The van der Waals surface area contributed by atoms with E-state index in [1.165, 1.54) is 15.5 Å². The molecule has 1 aliphatic heterocycles. The molecule has 1 N–H and O–H groups in total. The van der Waals surface area contributed by atoms with Crippen LogP contribution in [0.5, 0.6) is 0 Å². The second kappa shape index (κ2) is 7.90. The first-order valence-corrected chi connectivity index (χ1v) is 9.22. The Morgan fingerprint density at radius 3 is 2.64 bits per heavy atom. The minimum absolute atomic E-state index is 0.0514. The Hall–Kier alpha value is -2.42. The maximum Gasteiger partial charge on any atom is 0.401 e. The molecule has 9 heteroatoms. The number of halogens is 3. The molecule has 3 heterocycles. The fraction of sp³-hybridized carbons (Fsp3) is 0.526. The van der Waals surface area contributed by atoms with E-state index in [2.05, 4.69) is 10.3 Å². The largest absolute Gasteiger partial charge is 0.401 e. The highest BCUT2D eigenvalue weighted by Gasteiger charge is 2.33. The molecule has 0 bridgehead atoms. The average Bonchev–Trinajstić information content (AvgIpc) is 2.61. The maximum atomic E-state index is 12.6. The number of carbonyl (C=O) groups excluding carboxylic acids is 1. The first-order chi connectivity index (χ1) is 13.1. The first kappa shape index (κ1) is 20.3. The molecule has 0 spiro atoms. The molecule has 1 fully saturated rings. The van der Waals surface area contributed by atoms with Gasteiger partial charge in [0.25, 0.3) is 11.5 Å². The Kier molecular flexibility index (Phi) is 5.74. The van der Waals surface area contributed by atoms with E-state index < -0.39 is 24.2 Å². The highest BCUT2D eigenvalue weighted by atomic mass is 19.4. The molecule has 1 amide bonds. The number of carbonyl (C=O) groups is 1. The monoisotopic (exact) mass is 396 g/mol. The second-order valence-electron chi connectivity index (χ2n) is 7.40. The Bertz CT molecular complexity index is 918. The van der Waals surface area contributed by atoms with Crippen molar-refractivity contribution in [2.24, 2.45) is 5.92 Å². The van der Waals surface area contributed by atoms with Gasteiger partial charge in [0.2, 0.25) is 0 Å². The number of amides is 1. The maximum absolute atomic E-state index is 12.6. The summed E-state index contributed by atoms with van der Waals surface area (Å²) in [7, 11) is 0. The fourth-order valence-corrected chi connectivity index (χ4v) is 3.61. The van der Waals surface area contributed by atoms with E-state index in [1.807, 2.05) is 19.9 Å². The van der Waals surface area contributed by atoms with Crippen molar-refractivity contribution < 1.29 is 18.0 Å². The molecular weight excluding hydrogens is 373 g/mol. The minimum atomic E-state index is -4.20. The van der Waals surface area contributed by atoms with Gasteiger partial charge >= 0.3 is 6.18 Å². The van der Waals surface area contributed by atoms with Crippen LogP contribution >= 0.6 is 0 Å². The summed E-state index contributed by atoms with van der Waals surface area (Å²) in [5, 5.41) is 2.82. The van der Waals surface area contributed by atoms with Crippen molar-refractivity contribution in [2.45, 2.75) is 38.9 Å². The van der Waals surface area contributed by atoms with Crippen molar-refractivity contribution in [1.29, 1.82) is 0 Å². The standard InChI is InChI=1S/C19H23F3N4O2/c1-12-3-4-16-23-9-15(18(28)26(16)10-12)17(27)24-13(2)14-5-7-25(8-6-14)11-19(20,21)22/h3-4,9-10,13-14H,5-8,11H2,1-2H3,(H,24,27)/t13-/m0/s1. The van der Waals surface area contributed by atoms with Gasteiger partial charge in [0.1, 0.15) is 11.2 Å². The molecule has 152 valence electrons. The summed E-state index contributed by atoms with van der Waals surface area (Å²) in [5.74, 6) is -0.453. The van der Waals surface area contributed by atoms with Gasteiger partial charge in [-0.05, 0) is 57.3 Å². The highest BCUT2D eigenvalue weighted by molar-refractivity contribution is 5.93. The van der Waals surface area contributed by atoms with Gasteiger partial charge in [-0.15, -0.1) is 0 Å². The van der Waals surface area contributed by atoms with Crippen LogP contribution in [0.1, 0.15) is 35.7 Å². The van der Waals surface area contributed by atoms with Crippen molar-refractivity contribution in [3.63, 3.8) is 0 Å². The third kappa shape index (κ3) is 4.70. The number of nitrogens with one attached hydrogen (secondary N) is 1. The third-order valence-electron chi connectivity index (χ3n) is 5.20. The molecule has 2 aromatic rings. The van der Waals surface area contributed by atoms with E-state index in [0.29, 0.717) is 31.6 Å².